The van der Waals surface area contributed by atoms with Crippen molar-refractivity contribution in [1.82, 2.24) is 15.0 Å². The molecule has 2 aromatic carbocycles. The summed E-state index contributed by atoms with van der Waals surface area (Å²) in [7, 11) is -2.02. The highest BCUT2D eigenvalue weighted by Gasteiger charge is 2.31. The maximum Gasteiger partial charge on any atom is 0.335 e. The number of nitrogens with zero attached hydrogens (tertiary/aromatic N) is 2. The maximum atomic E-state index is 13.9. The van der Waals surface area contributed by atoms with Crippen LogP contribution in [0.25, 0.3) is 11.0 Å². The quantitative estimate of drug-likeness (QED) is 0.311. The van der Waals surface area contributed by atoms with Gasteiger partial charge in [0, 0.05) is 17.3 Å². The van der Waals surface area contributed by atoms with Crippen LogP contribution in [0.5, 0.6) is 17.2 Å². The van der Waals surface area contributed by atoms with Gasteiger partial charge in [-0.2, -0.15) is 0 Å². The Morgan fingerprint density at radius 3 is 2.37 bits per heavy atom. The second kappa shape index (κ2) is 10.4. The number of carbonyl (C=O) groups is 1. The number of aromatic nitrogens is 3. The normalized spacial score (nSPS) is 12.3. The van der Waals surface area contributed by atoms with E-state index in [2.05, 4.69) is 15.0 Å². The third kappa shape index (κ3) is 4.70. The van der Waals surface area contributed by atoms with Crippen LogP contribution in [0.1, 0.15) is 27.2 Å². The minimum absolute atomic E-state index is 0.00991. The highest BCUT2D eigenvalue weighted by atomic mass is 32.2. The Morgan fingerprint density at radius 1 is 1.05 bits per heavy atom. The number of hydrogen-bond acceptors (Lipinski definition) is 9. The van der Waals surface area contributed by atoms with Crippen LogP contribution in [0.4, 0.5) is 0 Å². The van der Waals surface area contributed by atoms with Crippen LogP contribution in [0.3, 0.4) is 0 Å². The van der Waals surface area contributed by atoms with Gasteiger partial charge in [0.25, 0.3) is 0 Å². The molecule has 1 atom stereocenters. The van der Waals surface area contributed by atoms with Gasteiger partial charge in [-0.05, 0) is 44.2 Å². The fourth-order valence-corrected chi connectivity index (χ4v) is 6.91. The molecule has 2 aromatic heterocycles. The minimum atomic E-state index is -4.42. The van der Waals surface area contributed by atoms with Gasteiger partial charge >= 0.3 is 5.97 Å². The van der Waals surface area contributed by atoms with E-state index in [0.717, 1.165) is 17.2 Å². The molecule has 38 heavy (non-hydrogen) atoms. The van der Waals surface area contributed by atoms with E-state index < -0.39 is 26.6 Å². The summed E-state index contributed by atoms with van der Waals surface area (Å²) in [5, 5.41) is 9.45. The van der Waals surface area contributed by atoms with Crippen molar-refractivity contribution < 1.29 is 36.7 Å². The average Bonchev–Trinajstić information content (AvgIpc) is 3.33. The number of pyridine rings is 1. The number of fused-ring (bicyclic) bond motifs is 1. The number of sulfone groups is 1. The van der Waals surface area contributed by atoms with Crippen LogP contribution >= 0.6 is 0 Å². The predicted octanol–water partition coefficient (Wildman–Crippen LogP) is 3.44. The second-order valence-electron chi connectivity index (χ2n) is 8.25. The number of aromatic carboxylic acids is 1. The fourth-order valence-electron chi connectivity index (χ4n) is 4.08. The Balaban J connectivity index is 1.85. The van der Waals surface area contributed by atoms with Crippen LogP contribution in [-0.2, 0) is 26.4 Å². The number of benzene rings is 2. The number of aryl methyl sites for hydroxylation is 1. The van der Waals surface area contributed by atoms with Crippen molar-refractivity contribution in [2.75, 3.05) is 21.3 Å². The first kappa shape index (κ1) is 27.1. The van der Waals surface area contributed by atoms with Gasteiger partial charge in [0.2, 0.25) is 9.84 Å². The van der Waals surface area contributed by atoms with Crippen LogP contribution < -0.4 is 14.2 Å². The summed E-state index contributed by atoms with van der Waals surface area (Å²) in [4.78, 5) is 22.5. The monoisotopic (exact) mass is 559 g/mol. The van der Waals surface area contributed by atoms with Crippen LogP contribution in [0, 0.1) is 13.8 Å². The zero-order chi connectivity index (χ0) is 27.8. The van der Waals surface area contributed by atoms with E-state index in [-0.39, 0.29) is 43.3 Å². The van der Waals surface area contributed by atoms with Crippen molar-refractivity contribution in [2.45, 2.75) is 34.5 Å². The summed E-state index contributed by atoms with van der Waals surface area (Å²) in [6.45, 7) is 3.67. The van der Waals surface area contributed by atoms with Crippen molar-refractivity contribution in [3.8, 4) is 17.2 Å². The Bertz CT molecular complexity index is 1700. The number of rotatable bonds is 9. The van der Waals surface area contributed by atoms with Gasteiger partial charge in [-0.15, -0.1) is 0 Å². The Hall–Kier alpha value is -3.97. The van der Waals surface area contributed by atoms with Gasteiger partial charge in [0.05, 0.1) is 54.7 Å². The lowest BCUT2D eigenvalue weighted by Crippen LogP contribution is -2.09. The van der Waals surface area contributed by atoms with E-state index in [1.54, 1.807) is 19.4 Å². The number of carboxylic acids is 1. The number of ether oxygens (including phenoxy) is 3. The fraction of sp³-hybridized carbons (Fsp3) is 0.240. The summed E-state index contributed by atoms with van der Waals surface area (Å²) < 4.78 is 57.1. The molecular weight excluding hydrogens is 534 g/mol. The molecular formula is C25H25N3O8S2. The number of imidazole rings is 1. The summed E-state index contributed by atoms with van der Waals surface area (Å²) in [5.74, 6) is -0.723. The molecule has 0 radical (unpaired) electrons. The summed E-state index contributed by atoms with van der Waals surface area (Å²) in [6, 6.07) is 6.51. The minimum Gasteiger partial charge on any atom is -0.496 e. The van der Waals surface area contributed by atoms with Crippen molar-refractivity contribution >= 4 is 37.6 Å². The number of hydrogen-bond donors (Lipinski definition) is 2. The molecule has 0 aliphatic heterocycles. The molecule has 2 N–H and O–H groups in total. The highest BCUT2D eigenvalue weighted by Crippen LogP contribution is 2.39. The molecule has 4 rings (SSSR count). The molecule has 0 bridgehead atoms. The van der Waals surface area contributed by atoms with Gasteiger partial charge < -0.3 is 24.3 Å². The Morgan fingerprint density at radius 2 is 1.74 bits per heavy atom. The van der Waals surface area contributed by atoms with Crippen LogP contribution in [0.2, 0.25) is 0 Å². The molecule has 4 aromatic rings. The smallest absolute Gasteiger partial charge is 0.335 e. The molecule has 0 aliphatic carbocycles. The zero-order valence-corrected chi connectivity index (χ0v) is 22.8. The second-order valence-corrected chi connectivity index (χ2v) is 11.5. The molecule has 0 spiro atoms. The van der Waals surface area contributed by atoms with Gasteiger partial charge in [0.1, 0.15) is 32.6 Å². The number of H-pyrrole nitrogens is 1. The SMILES string of the molecule is COc1ccc(C(=O)O)cc1S(=O)(=O)c1c(OC)ccc2[nH]c(S(=O)Cc3ncc(C)c(OC)c3C)nc12. The molecule has 0 saturated carbocycles. The van der Waals surface area contributed by atoms with E-state index in [1.165, 1.54) is 32.4 Å². The highest BCUT2D eigenvalue weighted by molar-refractivity contribution is 7.92. The van der Waals surface area contributed by atoms with E-state index >= 15 is 0 Å². The molecule has 2 heterocycles. The first-order valence-electron chi connectivity index (χ1n) is 11.1. The summed E-state index contributed by atoms with van der Waals surface area (Å²) >= 11 is 0. The standard InChI is InChI=1S/C25H25N3O8S2/c1-13-11-26-17(14(2)22(13)36-5)12-37(31)25-27-16-7-9-19(35-4)23(21(16)28-25)38(32,33)20-10-15(24(29)30)6-8-18(20)34-3/h6-11H,12H2,1-5H3,(H,27,28)(H,29,30). The zero-order valence-electron chi connectivity index (χ0n) is 21.2. The molecule has 0 aliphatic rings. The third-order valence-corrected chi connectivity index (χ3v) is 8.96. The lowest BCUT2D eigenvalue weighted by Gasteiger charge is -2.13. The van der Waals surface area contributed by atoms with Crippen molar-refractivity contribution in [2.24, 2.45) is 0 Å². The first-order chi connectivity index (χ1) is 18.0. The first-order valence-corrected chi connectivity index (χ1v) is 13.9. The number of aromatic amines is 1. The van der Waals surface area contributed by atoms with Gasteiger partial charge in [-0.25, -0.2) is 18.2 Å². The predicted molar refractivity (Wildman–Crippen MR) is 138 cm³/mol. The lowest BCUT2D eigenvalue weighted by molar-refractivity contribution is 0.0696. The van der Waals surface area contributed by atoms with E-state index in [0.29, 0.717) is 17.0 Å². The Labute approximate surface area is 221 Å². The number of nitrogens with one attached hydrogen (secondary N) is 1. The van der Waals surface area contributed by atoms with Crippen molar-refractivity contribution in [3.05, 3.63) is 58.9 Å². The number of methoxy groups -OCH3 is 3. The summed E-state index contributed by atoms with van der Waals surface area (Å²) in [6.07, 6.45) is 1.63. The molecule has 1 unspecified atom stereocenters. The van der Waals surface area contributed by atoms with E-state index in [9.17, 15) is 22.5 Å². The Kier molecular flexibility index (Phi) is 7.42. The largest absolute Gasteiger partial charge is 0.496 e. The molecule has 0 amide bonds. The van der Waals surface area contributed by atoms with Gasteiger partial charge in [-0.3, -0.25) is 9.19 Å². The van der Waals surface area contributed by atoms with E-state index in [1.807, 2.05) is 13.8 Å². The van der Waals surface area contributed by atoms with Gasteiger partial charge in [-0.1, -0.05) is 0 Å². The summed E-state index contributed by atoms with van der Waals surface area (Å²) in [5.41, 5.74) is 2.18. The van der Waals surface area contributed by atoms with Crippen molar-refractivity contribution in [3.63, 3.8) is 0 Å². The topological polar surface area (TPSA) is 158 Å². The van der Waals surface area contributed by atoms with Crippen molar-refractivity contribution in [1.29, 1.82) is 0 Å². The molecule has 11 nitrogen and oxygen atoms in total. The van der Waals surface area contributed by atoms with E-state index in [4.69, 9.17) is 14.2 Å². The average molecular weight is 560 g/mol. The van der Waals surface area contributed by atoms with Gasteiger partial charge in [0.15, 0.2) is 5.16 Å². The molecule has 0 saturated heterocycles. The third-order valence-electron chi connectivity index (χ3n) is 5.97. The molecule has 13 heteroatoms. The lowest BCUT2D eigenvalue weighted by atomic mass is 10.1. The molecule has 200 valence electrons. The molecule has 0 fully saturated rings. The maximum absolute atomic E-state index is 13.9. The van der Waals surface area contributed by atoms with Crippen LogP contribution in [0.15, 0.2) is 51.5 Å². The van der Waals surface area contributed by atoms with Crippen LogP contribution in [-0.4, -0.2) is 60.0 Å². The number of carboxylic acid groups (broad SMARTS) is 1.